The molecule has 188 valence electrons. The Hall–Kier alpha value is -2.44. The third-order valence-corrected chi connectivity index (χ3v) is 8.64. The fourth-order valence-electron chi connectivity index (χ4n) is 4.32. The summed E-state index contributed by atoms with van der Waals surface area (Å²) >= 11 is 0. The molecule has 2 aliphatic rings. The van der Waals surface area contributed by atoms with Crippen LogP contribution in [0.5, 0.6) is 5.75 Å². The zero-order chi connectivity index (χ0) is 25.2. The first-order valence-corrected chi connectivity index (χ1v) is 13.5. The monoisotopic (exact) mass is 500 g/mol. The molecular formula is C27H33FN2O4S. The average Bonchev–Trinajstić information content (AvgIpc) is 3.64. The van der Waals surface area contributed by atoms with Crippen molar-refractivity contribution in [2.75, 3.05) is 33.3 Å². The minimum Gasteiger partial charge on any atom is -0.487 e. The zero-order valence-electron chi connectivity index (χ0n) is 20.4. The number of rotatable bonds is 6. The first kappa shape index (κ1) is 25.6. The summed E-state index contributed by atoms with van der Waals surface area (Å²) in [7, 11) is -1.82. The molecular weight excluding hydrogens is 467 g/mol. The van der Waals surface area contributed by atoms with Crippen LogP contribution in [0.1, 0.15) is 37.8 Å². The fraction of sp³-hybridized carbons (Fsp3) is 0.481. The number of aliphatic hydroxyl groups excluding tert-OH is 1. The maximum atomic E-state index is 13.6. The molecule has 1 aliphatic heterocycles. The number of nitrogens with zero attached hydrogens (tertiary/aromatic N) is 2. The van der Waals surface area contributed by atoms with Gasteiger partial charge in [-0.1, -0.05) is 18.8 Å². The van der Waals surface area contributed by atoms with Crippen LogP contribution in [0.15, 0.2) is 47.4 Å². The molecule has 2 aromatic rings. The van der Waals surface area contributed by atoms with E-state index in [4.69, 9.17) is 4.74 Å². The third-order valence-electron chi connectivity index (χ3n) is 6.62. The molecule has 1 saturated carbocycles. The topological polar surface area (TPSA) is 70.1 Å². The molecule has 0 bridgehead atoms. The predicted molar refractivity (Wildman–Crippen MR) is 133 cm³/mol. The van der Waals surface area contributed by atoms with Crippen LogP contribution in [0, 0.1) is 29.5 Å². The second-order valence-electron chi connectivity index (χ2n) is 9.82. The number of benzene rings is 2. The number of halogens is 1. The van der Waals surface area contributed by atoms with Crippen molar-refractivity contribution in [2.24, 2.45) is 11.8 Å². The van der Waals surface area contributed by atoms with E-state index in [1.165, 1.54) is 35.3 Å². The Balaban J connectivity index is 1.70. The molecule has 1 fully saturated rings. The lowest BCUT2D eigenvalue weighted by Crippen LogP contribution is -2.49. The first-order valence-electron chi connectivity index (χ1n) is 12.1. The van der Waals surface area contributed by atoms with Crippen molar-refractivity contribution >= 4 is 10.0 Å². The molecule has 0 radical (unpaired) electrons. The van der Waals surface area contributed by atoms with Crippen LogP contribution >= 0.6 is 0 Å². The summed E-state index contributed by atoms with van der Waals surface area (Å²) in [6.07, 6.45) is 2.27. The molecule has 3 atom stereocenters. The van der Waals surface area contributed by atoms with Crippen molar-refractivity contribution in [1.82, 2.24) is 9.21 Å². The normalized spacial score (nSPS) is 22.8. The van der Waals surface area contributed by atoms with Crippen LogP contribution in [0.25, 0.3) is 0 Å². The highest BCUT2D eigenvalue weighted by molar-refractivity contribution is 7.89. The average molecular weight is 501 g/mol. The van der Waals surface area contributed by atoms with Gasteiger partial charge in [0.05, 0.1) is 6.61 Å². The highest BCUT2D eigenvalue weighted by Crippen LogP contribution is 2.35. The maximum Gasteiger partial charge on any atom is 0.247 e. The Bertz CT molecular complexity index is 1200. The number of sulfonamides is 1. The van der Waals surface area contributed by atoms with E-state index in [-0.39, 0.29) is 41.6 Å². The Morgan fingerprint density at radius 3 is 2.46 bits per heavy atom. The summed E-state index contributed by atoms with van der Waals surface area (Å²) in [6, 6.07) is 10.2. The number of hydrogen-bond donors (Lipinski definition) is 1. The summed E-state index contributed by atoms with van der Waals surface area (Å²) in [5, 5.41) is 9.79. The van der Waals surface area contributed by atoms with Gasteiger partial charge < -0.3 is 14.7 Å². The molecule has 0 saturated heterocycles. The quantitative estimate of drug-likeness (QED) is 0.617. The summed E-state index contributed by atoms with van der Waals surface area (Å²) < 4.78 is 48.1. The van der Waals surface area contributed by atoms with Crippen molar-refractivity contribution < 1.29 is 22.7 Å². The second-order valence-corrected chi connectivity index (χ2v) is 11.7. The van der Waals surface area contributed by atoms with E-state index in [1.807, 2.05) is 6.92 Å². The van der Waals surface area contributed by atoms with Crippen LogP contribution in [-0.2, 0) is 10.0 Å². The van der Waals surface area contributed by atoms with Crippen LogP contribution in [0.4, 0.5) is 4.39 Å². The van der Waals surface area contributed by atoms with Crippen molar-refractivity contribution in [1.29, 1.82) is 0 Å². The van der Waals surface area contributed by atoms with Gasteiger partial charge >= 0.3 is 0 Å². The van der Waals surface area contributed by atoms with Gasteiger partial charge in [-0.25, -0.2) is 12.8 Å². The summed E-state index contributed by atoms with van der Waals surface area (Å²) in [5.74, 6) is 6.59. The Kier molecular flexibility index (Phi) is 7.82. The van der Waals surface area contributed by atoms with Gasteiger partial charge in [-0.2, -0.15) is 4.31 Å². The Morgan fingerprint density at radius 2 is 1.80 bits per heavy atom. The first-order chi connectivity index (χ1) is 16.7. The van der Waals surface area contributed by atoms with Crippen molar-refractivity contribution in [2.45, 2.75) is 43.7 Å². The number of fused-ring (bicyclic) bond motifs is 1. The molecule has 2 aromatic carbocycles. The van der Waals surface area contributed by atoms with Gasteiger partial charge in [-0.3, -0.25) is 0 Å². The molecule has 1 N–H and O–H groups in total. The van der Waals surface area contributed by atoms with Gasteiger partial charge in [0, 0.05) is 42.7 Å². The standard InChI is InChI=1S/C27H33FN2O4S/c1-19-15-30(20(2)18-31)35(32,33)27-13-10-22(5-4-21-8-11-24(28)12-9-21)14-25(27)34-26(19)17-29(3)16-23-6-7-23/h8-14,19-20,23,26,31H,6-7,15-18H2,1-3H3/t19-,20-,26-/m0/s1. The largest absolute Gasteiger partial charge is 0.487 e. The van der Waals surface area contributed by atoms with E-state index in [1.54, 1.807) is 31.2 Å². The smallest absolute Gasteiger partial charge is 0.247 e. The van der Waals surface area contributed by atoms with Crippen LogP contribution in [-0.4, -0.2) is 68.2 Å². The highest BCUT2D eigenvalue weighted by atomic mass is 32.2. The van der Waals surface area contributed by atoms with Crippen molar-refractivity contribution in [3.8, 4) is 17.6 Å². The van der Waals surface area contributed by atoms with Gasteiger partial charge in [-0.15, -0.1) is 0 Å². The second kappa shape index (κ2) is 10.7. The van der Waals surface area contributed by atoms with E-state index in [2.05, 4.69) is 23.8 Å². The number of ether oxygens (including phenoxy) is 1. The number of aliphatic hydroxyl groups is 1. The van der Waals surface area contributed by atoms with Gasteiger partial charge in [0.1, 0.15) is 22.6 Å². The van der Waals surface area contributed by atoms with E-state index in [9.17, 15) is 17.9 Å². The molecule has 1 aliphatic carbocycles. The minimum absolute atomic E-state index is 0.0758. The maximum absolute atomic E-state index is 13.6. The lowest BCUT2D eigenvalue weighted by molar-refractivity contribution is 0.0740. The molecule has 1 heterocycles. The van der Waals surface area contributed by atoms with Gasteiger partial charge in [0.2, 0.25) is 10.0 Å². The Morgan fingerprint density at radius 1 is 1.14 bits per heavy atom. The van der Waals surface area contributed by atoms with Gasteiger partial charge in [0.25, 0.3) is 0 Å². The molecule has 8 heteroatoms. The molecule has 0 aromatic heterocycles. The fourth-order valence-corrected chi connectivity index (χ4v) is 6.15. The lowest BCUT2D eigenvalue weighted by Gasteiger charge is -2.37. The van der Waals surface area contributed by atoms with Crippen molar-refractivity contribution in [3.63, 3.8) is 0 Å². The summed E-state index contributed by atoms with van der Waals surface area (Å²) in [4.78, 5) is 2.33. The molecule has 0 amide bonds. The van der Waals surface area contributed by atoms with E-state index >= 15 is 0 Å². The van der Waals surface area contributed by atoms with Crippen LogP contribution in [0.3, 0.4) is 0 Å². The third kappa shape index (κ3) is 6.22. The van der Waals surface area contributed by atoms with Gasteiger partial charge in [0.15, 0.2) is 0 Å². The number of likely N-dealkylation sites (N-methyl/N-ethyl adjacent to an activating group) is 1. The SMILES string of the molecule is C[C@H]1CN([C@@H](C)CO)S(=O)(=O)c2ccc(C#Cc3ccc(F)cc3)cc2O[C@H]1CN(C)CC1CC1. The molecule has 35 heavy (non-hydrogen) atoms. The molecule has 0 spiro atoms. The zero-order valence-corrected chi connectivity index (χ0v) is 21.3. The van der Waals surface area contributed by atoms with E-state index in [0.29, 0.717) is 17.7 Å². The Labute approximate surface area is 207 Å². The minimum atomic E-state index is -3.89. The van der Waals surface area contributed by atoms with Crippen LogP contribution < -0.4 is 4.74 Å². The van der Waals surface area contributed by atoms with Gasteiger partial charge in [-0.05, 0) is 75.2 Å². The van der Waals surface area contributed by atoms with E-state index < -0.39 is 16.1 Å². The lowest BCUT2D eigenvalue weighted by atomic mass is 10.0. The molecule has 6 nitrogen and oxygen atoms in total. The highest BCUT2D eigenvalue weighted by Gasteiger charge is 2.38. The predicted octanol–water partition coefficient (Wildman–Crippen LogP) is 3.34. The molecule has 0 unspecified atom stereocenters. The molecule has 4 rings (SSSR count). The summed E-state index contributed by atoms with van der Waals surface area (Å²) in [5.41, 5.74) is 1.26. The van der Waals surface area contributed by atoms with E-state index in [0.717, 1.165) is 12.5 Å². The summed E-state index contributed by atoms with van der Waals surface area (Å²) in [6.45, 7) is 5.36. The van der Waals surface area contributed by atoms with Crippen LogP contribution in [0.2, 0.25) is 0 Å². The van der Waals surface area contributed by atoms with Crippen molar-refractivity contribution in [3.05, 3.63) is 59.4 Å². The number of hydrogen-bond acceptors (Lipinski definition) is 5.